The Balaban J connectivity index is 1.83. The van der Waals surface area contributed by atoms with Gasteiger partial charge in [-0.05, 0) is 72.4 Å². The van der Waals surface area contributed by atoms with Gasteiger partial charge in [0.2, 0.25) is 0 Å². The molecule has 4 rings (SSSR count). The first-order chi connectivity index (χ1) is 15.1. The Kier molecular flexibility index (Phi) is 6.99. The molecule has 1 saturated heterocycles. The average molecular weight is 486 g/mol. The fourth-order valence-corrected chi connectivity index (χ4v) is 4.59. The fraction of sp³-hybridized carbons (Fsp3) is 0.435. The Labute approximate surface area is 190 Å². The zero-order valence-corrected chi connectivity index (χ0v) is 19.5. The molecule has 3 aromatic rings. The van der Waals surface area contributed by atoms with Crippen LogP contribution in [0.2, 0.25) is 0 Å². The number of carbonyl (C=O) groups is 1. The molecule has 1 aliphatic rings. The second-order valence-corrected chi connectivity index (χ2v) is 8.82. The largest absolute Gasteiger partial charge is 0.378 e. The Bertz CT molecular complexity index is 1080. The molecule has 0 aliphatic carbocycles. The number of carbonyl (C=O) groups excluding carboxylic acids is 1. The van der Waals surface area contributed by atoms with Gasteiger partial charge in [-0.1, -0.05) is 6.92 Å². The molecule has 8 heteroatoms. The lowest BCUT2D eigenvalue weighted by Crippen LogP contribution is -2.36. The number of methoxy groups -OCH3 is 1. The molecule has 0 saturated carbocycles. The molecule has 31 heavy (non-hydrogen) atoms. The number of fused-ring (bicyclic) bond motifs is 1. The van der Waals surface area contributed by atoms with Crippen molar-refractivity contribution in [1.29, 1.82) is 0 Å². The van der Waals surface area contributed by atoms with Gasteiger partial charge in [-0.3, -0.25) is 9.78 Å². The molecule has 0 spiro atoms. The van der Waals surface area contributed by atoms with Crippen LogP contribution >= 0.6 is 15.9 Å². The topological polar surface area (TPSA) is 80.5 Å². The monoisotopic (exact) mass is 485 g/mol. The van der Waals surface area contributed by atoms with Gasteiger partial charge in [0.15, 0.2) is 0 Å². The first-order valence-corrected chi connectivity index (χ1v) is 11.5. The lowest BCUT2D eigenvalue weighted by molar-refractivity contribution is 0.0938. The highest BCUT2D eigenvalue weighted by Crippen LogP contribution is 2.33. The van der Waals surface area contributed by atoms with Crippen LogP contribution in [0.1, 0.15) is 41.5 Å². The summed E-state index contributed by atoms with van der Waals surface area (Å²) in [5, 5.41) is 11.4. The van der Waals surface area contributed by atoms with Crippen LogP contribution in [0.3, 0.4) is 0 Å². The quantitative estimate of drug-likeness (QED) is 0.534. The normalized spacial score (nSPS) is 14.8. The third-order valence-electron chi connectivity index (χ3n) is 5.82. The van der Waals surface area contributed by atoms with Crippen molar-refractivity contribution in [2.45, 2.75) is 32.8 Å². The maximum absolute atomic E-state index is 13.5. The summed E-state index contributed by atoms with van der Waals surface area (Å²) in [6.45, 7) is 5.01. The molecule has 4 heterocycles. The molecule has 7 nitrogen and oxygen atoms in total. The van der Waals surface area contributed by atoms with Crippen LogP contribution in [0.5, 0.6) is 0 Å². The summed E-state index contributed by atoms with van der Waals surface area (Å²) >= 11 is 3.52. The van der Waals surface area contributed by atoms with Gasteiger partial charge in [0.05, 0.1) is 17.7 Å². The van der Waals surface area contributed by atoms with Gasteiger partial charge in [0, 0.05) is 47.3 Å². The smallest absolute Gasteiger partial charge is 0.254 e. The lowest BCUT2D eigenvalue weighted by Gasteiger charge is -2.23. The van der Waals surface area contributed by atoms with Gasteiger partial charge in [-0.2, -0.15) is 5.10 Å². The number of aryl methyl sites for hydroxylation is 1. The van der Waals surface area contributed by atoms with Gasteiger partial charge >= 0.3 is 0 Å². The van der Waals surface area contributed by atoms with Crippen molar-refractivity contribution < 1.29 is 9.53 Å². The predicted molar refractivity (Wildman–Crippen MR) is 124 cm³/mol. The molecular formula is C23H28BrN5O2. The van der Waals surface area contributed by atoms with Crippen molar-refractivity contribution in [3.8, 4) is 11.1 Å². The van der Waals surface area contributed by atoms with Crippen molar-refractivity contribution >= 4 is 27.4 Å². The van der Waals surface area contributed by atoms with E-state index in [1.54, 1.807) is 19.5 Å². The van der Waals surface area contributed by atoms with E-state index in [9.17, 15) is 4.79 Å². The van der Waals surface area contributed by atoms with Crippen molar-refractivity contribution in [2.24, 2.45) is 5.92 Å². The summed E-state index contributed by atoms with van der Waals surface area (Å²) in [5.74, 6) is 0.374. The standard InChI is InChI=1S/C23H28BrN5O2/c1-3-18-4-5-20-21(16-10-17(24)13-26-12-16)22(19(14-31-2)28-29(18)20)23(30)27-11-15-6-8-25-9-7-15/h4-5,10,12-13,15,25H,3,6-9,11,14H2,1-2H3,(H,27,30). The molecule has 164 valence electrons. The number of hydrogen-bond acceptors (Lipinski definition) is 5. The van der Waals surface area contributed by atoms with Crippen molar-refractivity contribution in [3.63, 3.8) is 0 Å². The minimum atomic E-state index is -0.116. The zero-order valence-electron chi connectivity index (χ0n) is 17.9. The van der Waals surface area contributed by atoms with Gasteiger partial charge in [-0.15, -0.1) is 0 Å². The van der Waals surface area contributed by atoms with E-state index in [2.05, 4.69) is 44.5 Å². The number of piperidine rings is 1. The molecule has 2 N–H and O–H groups in total. The maximum atomic E-state index is 13.5. The van der Waals surface area contributed by atoms with E-state index < -0.39 is 0 Å². The first kappa shape index (κ1) is 21.9. The summed E-state index contributed by atoms with van der Waals surface area (Å²) in [7, 11) is 1.62. The number of nitrogens with zero attached hydrogens (tertiary/aromatic N) is 3. The molecule has 0 atom stereocenters. The molecule has 1 fully saturated rings. The number of ether oxygens (including phenoxy) is 1. The van der Waals surface area contributed by atoms with Crippen molar-refractivity contribution in [3.05, 3.63) is 52.0 Å². The summed E-state index contributed by atoms with van der Waals surface area (Å²) in [6, 6.07) is 6.08. The zero-order chi connectivity index (χ0) is 21.8. The molecule has 1 amide bonds. The number of hydrogen-bond donors (Lipinski definition) is 2. The summed E-state index contributed by atoms with van der Waals surface area (Å²) in [4.78, 5) is 17.9. The lowest BCUT2D eigenvalue weighted by atomic mass is 9.96. The van der Waals surface area contributed by atoms with Crippen LogP contribution < -0.4 is 10.6 Å². The molecular weight excluding hydrogens is 458 g/mol. The van der Waals surface area contributed by atoms with Crippen LogP contribution in [0.15, 0.2) is 35.1 Å². The molecule has 0 radical (unpaired) electrons. The Hall–Kier alpha value is -2.29. The van der Waals surface area contributed by atoms with E-state index in [0.717, 1.165) is 59.2 Å². The predicted octanol–water partition coefficient (Wildman–Crippen LogP) is 3.60. The highest BCUT2D eigenvalue weighted by atomic mass is 79.9. The second-order valence-electron chi connectivity index (χ2n) is 7.90. The van der Waals surface area contributed by atoms with Crippen molar-refractivity contribution in [1.82, 2.24) is 25.2 Å². The number of pyridine rings is 1. The third-order valence-corrected chi connectivity index (χ3v) is 6.26. The van der Waals surface area contributed by atoms with E-state index in [1.165, 1.54) is 0 Å². The number of rotatable bonds is 7. The Morgan fingerprint density at radius 2 is 2.13 bits per heavy atom. The highest BCUT2D eigenvalue weighted by molar-refractivity contribution is 9.10. The number of amides is 1. The third kappa shape index (κ3) is 4.66. The minimum absolute atomic E-state index is 0.116. The van der Waals surface area contributed by atoms with Gasteiger partial charge in [0.25, 0.3) is 5.91 Å². The second kappa shape index (κ2) is 9.89. The SMILES string of the molecule is CCc1ccc2c(-c3cncc(Br)c3)c(C(=O)NCC3CCNCC3)c(COC)nn12. The molecule has 3 aromatic heterocycles. The number of aromatic nitrogens is 3. The van der Waals surface area contributed by atoms with E-state index in [4.69, 9.17) is 9.84 Å². The number of halogens is 1. The van der Waals surface area contributed by atoms with E-state index in [0.29, 0.717) is 23.7 Å². The van der Waals surface area contributed by atoms with E-state index in [-0.39, 0.29) is 12.5 Å². The van der Waals surface area contributed by atoms with E-state index in [1.807, 2.05) is 16.6 Å². The summed E-state index contributed by atoms with van der Waals surface area (Å²) < 4.78 is 8.22. The maximum Gasteiger partial charge on any atom is 0.254 e. The first-order valence-electron chi connectivity index (χ1n) is 10.7. The van der Waals surface area contributed by atoms with E-state index >= 15 is 0 Å². The molecule has 0 aromatic carbocycles. The van der Waals surface area contributed by atoms with Crippen LogP contribution in [-0.4, -0.2) is 47.2 Å². The summed E-state index contributed by atoms with van der Waals surface area (Å²) in [6.07, 6.45) is 6.52. The van der Waals surface area contributed by atoms with Crippen LogP contribution in [0.4, 0.5) is 0 Å². The van der Waals surface area contributed by atoms with Crippen LogP contribution in [0.25, 0.3) is 16.6 Å². The highest BCUT2D eigenvalue weighted by Gasteiger charge is 2.25. The van der Waals surface area contributed by atoms with Crippen LogP contribution in [-0.2, 0) is 17.8 Å². The Morgan fingerprint density at radius 3 is 2.84 bits per heavy atom. The van der Waals surface area contributed by atoms with Gasteiger partial charge in [-0.25, -0.2) is 4.52 Å². The molecule has 0 unspecified atom stereocenters. The van der Waals surface area contributed by atoms with Gasteiger partial charge < -0.3 is 15.4 Å². The Morgan fingerprint density at radius 1 is 1.32 bits per heavy atom. The number of nitrogens with one attached hydrogen (secondary N) is 2. The minimum Gasteiger partial charge on any atom is -0.378 e. The average Bonchev–Trinajstić information content (AvgIpc) is 3.20. The molecule has 0 bridgehead atoms. The van der Waals surface area contributed by atoms with Crippen molar-refractivity contribution in [2.75, 3.05) is 26.7 Å². The van der Waals surface area contributed by atoms with Gasteiger partial charge in [0.1, 0.15) is 5.69 Å². The fourth-order valence-electron chi connectivity index (χ4n) is 4.22. The summed E-state index contributed by atoms with van der Waals surface area (Å²) in [5.41, 5.74) is 4.86. The van der Waals surface area contributed by atoms with Crippen LogP contribution in [0, 0.1) is 5.92 Å². The molecule has 1 aliphatic heterocycles.